The van der Waals surface area contributed by atoms with Gasteiger partial charge in [0, 0.05) is 18.2 Å². The van der Waals surface area contributed by atoms with Gasteiger partial charge in [-0.2, -0.15) is 0 Å². The van der Waals surface area contributed by atoms with E-state index in [0.29, 0.717) is 12.1 Å². The van der Waals surface area contributed by atoms with Crippen LogP contribution in [0.4, 0.5) is 5.69 Å². The van der Waals surface area contributed by atoms with Crippen molar-refractivity contribution in [2.45, 2.75) is 19.3 Å². The molecule has 0 aliphatic rings. The number of anilines is 1. The minimum absolute atomic E-state index is 0.0139. The summed E-state index contributed by atoms with van der Waals surface area (Å²) < 4.78 is 4.55. The van der Waals surface area contributed by atoms with Crippen molar-refractivity contribution < 1.29 is 14.3 Å². The molecule has 124 valence electrons. The third kappa shape index (κ3) is 6.08. The minimum atomic E-state index is -0.412. The summed E-state index contributed by atoms with van der Waals surface area (Å²) >= 11 is 0. The maximum atomic E-state index is 12.0. The lowest BCUT2D eigenvalue weighted by molar-refractivity contribution is -0.134. The van der Waals surface area contributed by atoms with Gasteiger partial charge in [0.2, 0.25) is 5.91 Å². The van der Waals surface area contributed by atoms with Crippen LogP contribution in [0.1, 0.15) is 24.0 Å². The van der Waals surface area contributed by atoms with Gasteiger partial charge in [-0.1, -0.05) is 42.5 Å². The van der Waals surface area contributed by atoms with Gasteiger partial charge in [0.05, 0.1) is 7.11 Å². The van der Waals surface area contributed by atoms with Crippen LogP contribution in [0, 0.1) is 0 Å². The van der Waals surface area contributed by atoms with Crippen LogP contribution < -0.4 is 5.32 Å². The average molecular weight is 323 g/mol. The molecule has 0 atom stereocenters. The molecular weight excluding hydrogens is 302 g/mol. The lowest BCUT2D eigenvalue weighted by atomic mass is 10.1. The van der Waals surface area contributed by atoms with Crippen molar-refractivity contribution in [2.24, 2.45) is 0 Å². The third-order valence-corrected chi connectivity index (χ3v) is 3.50. The monoisotopic (exact) mass is 323 g/mol. The van der Waals surface area contributed by atoms with Crippen molar-refractivity contribution in [3.8, 4) is 0 Å². The summed E-state index contributed by atoms with van der Waals surface area (Å²) in [7, 11) is 1.33. The fourth-order valence-electron chi connectivity index (χ4n) is 2.27. The van der Waals surface area contributed by atoms with E-state index in [1.807, 2.05) is 42.5 Å². The smallest absolute Gasteiger partial charge is 0.330 e. The fourth-order valence-corrected chi connectivity index (χ4v) is 2.27. The molecule has 0 aromatic heterocycles. The van der Waals surface area contributed by atoms with Crippen LogP contribution in [0.2, 0.25) is 0 Å². The molecule has 2 aromatic rings. The first-order valence-corrected chi connectivity index (χ1v) is 7.87. The Labute approximate surface area is 142 Å². The maximum Gasteiger partial charge on any atom is 0.330 e. The van der Waals surface area contributed by atoms with Crippen molar-refractivity contribution in [1.29, 1.82) is 0 Å². The predicted octanol–water partition coefficient (Wildman–Crippen LogP) is 3.83. The molecule has 0 saturated heterocycles. The van der Waals surface area contributed by atoms with Crippen LogP contribution in [0.25, 0.3) is 6.08 Å². The van der Waals surface area contributed by atoms with E-state index in [9.17, 15) is 9.59 Å². The van der Waals surface area contributed by atoms with Crippen LogP contribution in [0.5, 0.6) is 0 Å². The molecule has 1 N–H and O–H groups in total. The lowest BCUT2D eigenvalue weighted by Gasteiger charge is -2.06. The topological polar surface area (TPSA) is 55.4 Å². The zero-order valence-electron chi connectivity index (χ0n) is 13.7. The molecule has 2 aromatic carbocycles. The zero-order chi connectivity index (χ0) is 17.2. The number of carbonyl (C=O) groups is 2. The van der Waals surface area contributed by atoms with Gasteiger partial charge < -0.3 is 10.1 Å². The van der Waals surface area contributed by atoms with Gasteiger partial charge in [-0.15, -0.1) is 0 Å². The van der Waals surface area contributed by atoms with Crippen LogP contribution in [0.3, 0.4) is 0 Å². The van der Waals surface area contributed by atoms with E-state index in [1.54, 1.807) is 6.08 Å². The van der Waals surface area contributed by atoms with E-state index >= 15 is 0 Å². The number of esters is 1. The van der Waals surface area contributed by atoms with Crippen LogP contribution in [0.15, 0.2) is 60.7 Å². The quantitative estimate of drug-likeness (QED) is 0.622. The molecule has 0 bridgehead atoms. The highest BCUT2D eigenvalue weighted by atomic mass is 16.5. The predicted molar refractivity (Wildman–Crippen MR) is 95.5 cm³/mol. The second kappa shape index (κ2) is 9.30. The Morgan fingerprint density at radius 3 is 2.62 bits per heavy atom. The Morgan fingerprint density at radius 1 is 1.08 bits per heavy atom. The number of hydrogen-bond acceptors (Lipinski definition) is 3. The van der Waals surface area contributed by atoms with E-state index < -0.39 is 5.97 Å². The van der Waals surface area contributed by atoms with Crippen molar-refractivity contribution in [1.82, 2.24) is 0 Å². The van der Waals surface area contributed by atoms with Gasteiger partial charge in [0.1, 0.15) is 0 Å². The molecule has 0 saturated carbocycles. The van der Waals surface area contributed by atoms with E-state index in [-0.39, 0.29) is 5.91 Å². The van der Waals surface area contributed by atoms with Crippen LogP contribution in [-0.2, 0) is 20.7 Å². The molecule has 24 heavy (non-hydrogen) atoms. The number of hydrogen-bond donors (Lipinski definition) is 1. The first kappa shape index (κ1) is 17.5. The molecule has 0 unspecified atom stereocenters. The third-order valence-electron chi connectivity index (χ3n) is 3.50. The summed E-state index contributed by atoms with van der Waals surface area (Å²) in [5, 5.41) is 2.88. The molecule has 4 nitrogen and oxygen atoms in total. The number of methoxy groups -OCH3 is 1. The minimum Gasteiger partial charge on any atom is -0.466 e. The SMILES string of the molecule is COC(=O)/C=C/c1cccc(NC(=O)CCCc2ccccc2)c1. The summed E-state index contributed by atoms with van der Waals surface area (Å²) in [5.41, 5.74) is 2.77. The normalized spacial score (nSPS) is 10.5. The molecule has 4 heteroatoms. The van der Waals surface area contributed by atoms with Crippen LogP contribution >= 0.6 is 0 Å². The van der Waals surface area contributed by atoms with Gasteiger partial charge >= 0.3 is 5.97 Å². The number of rotatable bonds is 7. The van der Waals surface area contributed by atoms with Crippen molar-refractivity contribution in [3.63, 3.8) is 0 Å². The number of benzene rings is 2. The van der Waals surface area contributed by atoms with Crippen molar-refractivity contribution in [2.75, 3.05) is 12.4 Å². The molecule has 0 fully saturated rings. The van der Waals surface area contributed by atoms with E-state index in [0.717, 1.165) is 18.4 Å². The van der Waals surface area contributed by atoms with Gasteiger partial charge in [-0.05, 0) is 42.2 Å². The summed E-state index contributed by atoms with van der Waals surface area (Å²) in [4.78, 5) is 23.1. The van der Waals surface area contributed by atoms with E-state index in [4.69, 9.17) is 0 Å². The van der Waals surface area contributed by atoms with Gasteiger partial charge in [-0.3, -0.25) is 4.79 Å². The van der Waals surface area contributed by atoms with Crippen LogP contribution in [-0.4, -0.2) is 19.0 Å². The number of carbonyl (C=O) groups excluding carboxylic acids is 2. The maximum absolute atomic E-state index is 12.0. The number of amides is 1. The molecule has 2 rings (SSSR count). The first-order valence-electron chi connectivity index (χ1n) is 7.87. The van der Waals surface area contributed by atoms with Gasteiger partial charge in [0.15, 0.2) is 0 Å². The second-order valence-electron chi connectivity index (χ2n) is 5.37. The molecule has 0 heterocycles. The first-order chi connectivity index (χ1) is 11.7. The fraction of sp³-hybridized carbons (Fsp3) is 0.200. The van der Waals surface area contributed by atoms with Gasteiger partial charge in [0.25, 0.3) is 0 Å². The summed E-state index contributed by atoms with van der Waals surface area (Å²) in [6.07, 6.45) is 5.16. The van der Waals surface area contributed by atoms with E-state index in [2.05, 4.69) is 22.2 Å². The molecule has 1 amide bonds. The van der Waals surface area contributed by atoms with E-state index in [1.165, 1.54) is 18.7 Å². The molecule has 0 aliphatic heterocycles. The summed E-state index contributed by atoms with van der Waals surface area (Å²) in [6.45, 7) is 0. The summed E-state index contributed by atoms with van der Waals surface area (Å²) in [5.74, 6) is -0.426. The van der Waals surface area contributed by atoms with Crippen molar-refractivity contribution in [3.05, 3.63) is 71.8 Å². The highest BCUT2D eigenvalue weighted by Crippen LogP contribution is 2.13. The highest BCUT2D eigenvalue weighted by molar-refractivity contribution is 5.91. The standard InChI is InChI=1S/C20H21NO3/c1-24-20(23)14-13-17-10-5-11-18(15-17)21-19(22)12-6-9-16-7-3-2-4-8-16/h2-5,7-8,10-11,13-15H,6,9,12H2,1H3,(H,21,22)/b14-13+. The molecule has 0 spiro atoms. The second-order valence-corrected chi connectivity index (χ2v) is 5.37. The van der Waals surface area contributed by atoms with Crippen molar-refractivity contribution >= 4 is 23.6 Å². The lowest BCUT2D eigenvalue weighted by Crippen LogP contribution is -2.11. The molecular formula is C20H21NO3. The molecule has 0 radical (unpaired) electrons. The average Bonchev–Trinajstić information content (AvgIpc) is 2.61. The number of nitrogens with one attached hydrogen (secondary N) is 1. The Balaban J connectivity index is 1.83. The Kier molecular flexibility index (Phi) is 6.77. The zero-order valence-corrected chi connectivity index (χ0v) is 13.7. The number of aryl methyl sites for hydroxylation is 1. The number of ether oxygens (including phenoxy) is 1. The Hall–Kier alpha value is -2.88. The van der Waals surface area contributed by atoms with Gasteiger partial charge in [-0.25, -0.2) is 4.79 Å². The largest absolute Gasteiger partial charge is 0.466 e. The Bertz CT molecular complexity index is 708. The highest BCUT2D eigenvalue weighted by Gasteiger charge is 2.03. The molecule has 0 aliphatic carbocycles. The summed E-state index contributed by atoms with van der Waals surface area (Å²) in [6, 6.07) is 17.4. The Morgan fingerprint density at radius 2 is 1.88 bits per heavy atom.